The lowest BCUT2D eigenvalue weighted by atomic mass is 10.1. The van der Waals surface area contributed by atoms with Crippen LogP contribution in [-0.4, -0.2) is 41.7 Å². The van der Waals surface area contributed by atoms with Crippen LogP contribution < -0.4 is 10.6 Å². The van der Waals surface area contributed by atoms with Crippen LogP contribution in [-0.2, 0) is 4.74 Å². The summed E-state index contributed by atoms with van der Waals surface area (Å²) < 4.78 is 4.85. The Bertz CT molecular complexity index is 384. The van der Waals surface area contributed by atoms with Crippen LogP contribution in [0.15, 0.2) is 12.4 Å². The van der Waals surface area contributed by atoms with E-state index in [0.29, 0.717) is 24.7 Å². The second-order valence-electron chi connectivity index (χ2n) is 4.92. The van der Waals surface area contributed by atoms with Crippen molar-refractivity contribution >= 4 is 11.9 Å². The zero-order chi connectivity index (χ0) is 13.6. The quantitative estimate of drug-likeness (QED) is 0.766. The number of anilines is 1. The molecule has 0 aliphatic carbocycles. The van der Waals surface area contributed by atoms with E-state index in [1.54, 1.807) is 7.11 Å². The highest BCUT2D eigenvalue weighted by atomic mass is 16.5. The van der Waals surface area contributed by atoms with E-state index in [1.165, 1.54) is 12.4 Å². The normalized spacial score (nSPS) is 11.1. The number of aromatic nitrogens is 2. The standard InChI is InChI=1S/C12H20N4O2/c1-12(2,3)16-11-14-7-9(8-15-11)10(17)13-5-6-18-4/h7-8H,5-6H2,1-4H3,(H,13,17)(H,14,15,16). The van der Waals surface area contributed by atoms with Gasteiger partial charge in [-0.3, -0.25) is 4.79 Å². The van der Waals surface area contributed by atoms with Crippen LogP contribution in [0.1, 0.15) is 31.1 Å². The molecule has 0 atom stereocenters. The van der Waals surface area contributed by atoms with Crippen LogP contribution in [0.5, 0.6) is 0 Å². The number of hydrogen-bond donors (Lipinski definition) is 2. The highest BCUT2D eigenvalue weighted by Crippen LogP contribution is 2.08. The summed E-state index contributed by atoms with van der Waals surface area (Å²) in [5.41, 5.74) is 0.327. The van der Waals surface area contributed by atoms with Gasteiger partial charge in [-0.2, -0.15) is 0 Å². The van der Waals surface area contributed by atoms with Gasteiger partial charge in [-0.1, -0.05) is 0 Å². The van der Waals surface area contributed by atoms with Gasteiger partial charge in [0.25, 0.3) is 5.91 Å². The van der Waals surface area contributed by atoms with E-state index in [4.69, 9.17) is 4.74 Å². The minimum Gasteiger partial charge on any atom is -0.383 e. The molecule has 0 bridgehead atoms. The van der Waals surface area contributed by atoms with Crippen molar-refractivity contribution in [2.45, 2.75) is 26.3 Å². The van der Waals surface area contributed by atoms with E-state index in [0.717, 1.165) is 0 Å². The monoisotopic (exact) mass is 252 g/mol. The van der Waals surface area contributed by atoms with Gasteiger partial charge < -0.3 is 15.4 Å². The summed E-state index contributed by atoms with van der Waals surface area (Å²) in [5.74, 6) is 0.310. The van der Waals surface area contributed by atoms with Gasteiger partial charge in [0.05, 0.1) is 12.2 Å². The number of hydrogen-bond acceptors (Lipinski definition) is 5. The molecule has 1 aromatic rings. The van der Waals surface area contributed by atoms with Crippen LogP contribution in [0.3, 0.4) is 0 Å². The van der Waals surface area contributed by atoms with Crippen LogP contribution >= 0.6 is 0 Å². The summed E-state index contributed by atoms with van der Waals surface area (Å²) in [7, 11) is 1.59. The van der Waals surface area contributed by atoms with Gasteiger partial charge >= 0.3 is 0 Å². The first-order valence-electron chi connectivity index (χ1n) is 5.80. The Labute approximate surface area is 107 Å². The van der Waals surface area contributed by atoms with E-state index in [9.17, 15) is 4.79 Å². The largest absolute Gasteiger partial charge is 0.383 e. The second-order valence-corrected chi connectivity index (χ2v) is 4.92. The molecule has 2 N–H and O–H groups in total. The Balaban J connectivity index is 2.57. The minimum absolute atomic E-state index is 0.109. The summed E-state index contributed by atoms with van der Waals surface area (Å²) >= 11 is 0. The molecule has 0 saturated carbocycles. The third-order valence-electron chi connectivity index (χ3n) is 1.99. The SMILES string of the molecule is COCCNC(=O)c1cnc(NC(C)(C)C)nc1. The molecular formula is C12H20N4O2. The number of ether oxygens (including phenoxy) is 1. The third kappa shape index (κ3) is 5.09. The van der Waals surface area contributed by atoms with E-state index >= 15 is 0 Å². The van der Waals surface area contributed by atoms with Crippen LogP contribution in [0.25, 0.3) is 0 Å². The molecule has 0 spiro atoms. The zero-order valence-corrected chi connectivity index (χ0v) is 11.3. The Hall–Kier alpha value is -1.69. The van der Waals surface area contributed by atoms with Crippen molar-refractivity contribution < 1.29 is 9.53 Å². The van der Waals surface area contributed by atoms with Crippen molar-refractivity contribution in [3.63, 3.8) is 0 Å². The second kappa shape index (κ2) is 6.30. The molecule has 1 rings (SSSR count). The molecule has 1 amide bonds. The molecule has 6 heteroatoms. The van der Waals surface area contributed by atoms with Gasteiger partial charge in [0.1, 0.15) is 0 Å². The molecule has 1 heterocycles. The summed E-state index contributed by atoms with van der Waals surface area (Å²) in [6.45, 7) is 7.00. The predicted molar refractivity (Wildman–Crippen MR) is 69.6 cm³/mol. The molecule has 0 aromatic carbocycles. The van der Waals surface area contributed by atoms with Gasteiger partial charge in [-0.05, 0) is 20.8 Å². The average Bonchev–Trinajstić information content (AvgIpc) is 2.28. The van der Waals surface area contributed by atoms with Gasteiger partial charge in [-0.25, -0.2) is 9.97 Å². The molecule has 6 nitrogen and oxygen atoms in total. The molecule has 100 valence electrons. The number of methoxy groups -OCH3 is 1. The fraction of sp³-hybridized carbons (Fsp3) is 0.583. The highest BCUT2D eigenvalue weighted by Gasteiger charge is 2.12. The van der Waals surface area contributed by atoms with Crippen LogP contribution in [0, 0.1) is 0 Å². The van der Waals surface area contributed by atoms with Crippen molar-refractivity contribution in [2.24, 2.45) is 0 Å². The number of carbonyl (C=O) groups excluding carboxylic acids is 1. The summed E-state index contributed by atoms with van der Waals surface area (Å²) in [4.78, 5) is 19.8. The topological polar surface area (TPSA) is 76.1 Å². The molecule has 0 saturated heterocycles. The maximum Gasteiger partial charge on any atom is 0.254 e. The van der Waals surface area contributed by atoms with Crippen LogP contribution in [0.4, 0.5) is 5.95 Å². The highest BCUT2D eigenvalue weighted by molar-refractivity contribution is 5.93. The van der Waals surface area contributed by atoms with Gasteiger partial charge in [0, 0.05) is 31.6 Å². The first-order chi connectivity index (χ1) is 8.42. The Morgan fingerprint density at radius 3 is 2.44 bits per heavy atom. The fourth-order valence-corrected chi connectivity index (χ4v) is 1.21. The smallest absolute Gasteiger partial charge is 0.254 e. The summed E-state index contributed by atoms with van der Waals surface area (Å²) in [6, 6.07) is 0. The molecule has 0 aliphatic heterocycles. The molecule has 0 fully saturated rings. The lowest BCUT2D eigenvalue weighted by Gasteiger charge is -2.20. The third-order valence-corrected chi connectivity index (χ3v) is 1.99. The van der Waals surface area contributed by atoms with Crippen LogP contribution in [0.2, 0.25) is 0 Å². The van der Waals surface area contributed by atoms with Crippen molar-refractivity contribution in [3.8, 4) is 0 Å². The first kappa shape index (κ1) is 14.4. The van der Waals surface area contributed by atoms with Crippen molar-refractivity contribution in [1.82, 2.24) is 15.3 Å². The Morgan fingerprint density at radius 1 is 1.33 bits per heavy atom. The average molecular weight is 252 g/mol. The molecule has 1 aromatic heterocycles. The lowest BCUT2D eigenvalue weighted by Crippen LogP contribution is -2.29. The van der Waals surface area contributed by atoms with E-state index in [2.05, 4.69) is 20.6 Å². The molecule has 18 heavy (non-hydrogen) atoms. The maximum atomic E-state index is 11.6. The first-order valence-corrected chi connectivity index (χ1v) is 5.80. The maximum absolute atomic E-state index is 11.6. The lowest BCUT2D eigenvalue weighted by molar-refractivity contribution is 0.0936. The summed E-state index contributed by atoms with van der Waals surface area (Å²) in [5, 5.41) is 5.83. The zero-order valence-electron chi connectivity index (χ0n) is 11.3. The van der Waals surface area contributed by atoms with Gasteiger partial charge in [-0.15, -0.1) is 0 Å². The molecule has 0 aliphatic rings. The Kier molecular flexibility index (Phi) is 5.03. The number of amides is 1. The molecule has 0 radical (unpaired) electrons. The predicted octanol–water partition coefficient (Wildman–Crippen LogP) is 1.06. The summed E-state index contributed by atoms with van der Waals surface area (Å²) in [6.07, 6.45) is 3.01. The van der Waals surface area contributed by atoms with Crippen molar-refractivity contribution in [3.05, 3.63) is 18.0 Å². The molecular weight excluding hydrogens is 232 g/mol. The van der Waals surface area contributed by atoms with E-state index in [1.807, 2.05) is 20.8 Å². The van der Waals surface area contributed by atoms with Gasteiger partial charge in [0.2, 0.25) is 5.95 Å². The van der Waals surface area contributed by atoms with Crippen molar-refractivity contribution in [2.75, 3.05) is 25.6 Å². The number of nitrogens with one attached hydrogen (secondary N) is 2. The van der Waals surface area contributed by atoms with E-state index < -0.39 is 0 Å². The van der Waals surface area contributed by atoms with Gasteiger partial charge in [0.15, 0.2) is 0 Å². The number of carbonyl (C=O) groups is 1. The van der Waals surface area contributed by atoms with E-state index in [-0.39, 0.29) is 11.4 Å². The molecule has 0 unspecified atom stereocenters. The fourth-order valence-electron chi connectivity index (χ4n) is 1.21. The van der Waals surface area contributed by atoms with Crippen molar-refractivity contribution in [1.29, 1.82) is 0 Å². The minimum atomic E-state index is -0.200. The Morgan fingerprint density at radius 2 is 1.94 bits per heavy atom. The number of rotatable bonds is 5. The number of nitrogens with zero attached hydrogens (tertiary/aromatic N) is 2.